The first kappa shape index (κ1) is 17.6. The van der Waals surface area contributed by atoms with Crippen LogP contribution in [-0.2, 0) is 15.6 Å². The number of aryl methyl sites for hydroxylation is 2. The standard InChI is InChI=1S/C15H22N4O3S/c1-10(2)19-15(16-17-18-19)9-23(21,22)8-14(20)13-6-5-11(3)7-12(13)4/h5-7,10,14,20H,8-9H2,1-4H3. The minimum absolute atomic E-state index is 0.0283. The quantitative estimate of drug-likeness (QED) is 0.857. The Morgan fingerprint density at radius 2 is 1.96 bits per heavy atom. The van der Waals surface area contributed by atoms with E-state index >= 15 is 0 Å². The minimum Gasteiger partial charge on any atom is -0.387 e. The molecule has 1 unspecified atom stereocenters. The summed E-state index contributed by atoms with van der Waals surface area (Å²) in [4.78, 5) is 0. The number of aliphatic hydroxyl groups excluding tert-OH is 1. The molecule has 1 N–H and O–H groups in total. The van der Waals surface area contributed by atoms with E-state index in [-0.39, 0.29) is 23.4 Å². The van der Waals surface area contributed by atoms with Crippen LogP contribution in [0.25, 0.3) is 0 Å². The molecule has 2 rings (SSSR count). The Morgan fingerprint density at radius 1 is 1.26 bits per heavy atom. The molecule has 0 amide bonds. The molecule has 0 aliphatic heterocycles. The molecule has 2 aromatic rings. The van der Waals surface area contributed by atoms with E-state index in [9.17, 15) is 13.5 Å². The number of hydrogen-bond donors (Lipinski definition) is 1. The highest BCUT2D eigenvalue weighted by Crippen LogP contribution is 2.21. The largest absolute Gasteiger partial charge is 0.387 e. The van der Waals surface area contributed by atoms with Crippen LogP contribution in [0.5, 0.6) is 0 Å². The van der Waals surface area contributed by atoms with Crippen LogP contribution >= 0.6 is 0 Å². The highest BCUT2D eigenvalue weighted by molar-refractivity contribution is 7.90. The lowest BCUT2D eigenvalue weighted by atomic mass is 10.0. The number of tetrazole rings is 1. The van der Waals surface area contributed by atoms with Crippen molar-refractivity contribution in [2.24, 2.45) is 0 Å². The Hall–Kier alpha value is -1.80. The average Bonchev–Trinajstić information content (AvgIpc) is 2.85. The van der Waals surface area contributed by atoms with Crippen LogP contribution < -0.4 is 0 Å². The van der Waals surface area contributed by atoms with Crippen molar-refractivity contribution in [2.75, 3.05) is 5.75 Å². The van der Waals surface area contributed by atoms with Gasteiger partial charge in [0.2, 0.25) is 0 Å². The van der Waals surface area contributed by atoms with Crippen LogP contribution in [0.3, 0.4) is 0 Å². The van der Waals surface area contributed by atoms with E-state index in [4.69, 9.17) is 0 Å². The third-order valence-corrected chi connectivity index (χ3v) is 5.12. The fourth-order valence-electron chi connectivity index (χ4n) is 2.49. The molecule has 8 heteroatoms. The van der Waals surface area contributed by atoms with Crippen molar-refractivity contribution >= 4 is 9.84 Å². The molecule has 0 bridgehead atoms. The third-order valence-electron chi connectivity index (χ3n) is 3.60. The summed E-state index contributed by atoms with van der Waals surface area (Å²) in [5, 5.41) is 21.4. The summed E-state index contributed by atoms with van der Waals surface area (Å²) < 4.78 is 26.2. The predicted octanol–water partition coefficient (Wildman–Crippen LogP) is 1.52. The molecule has 1 atom stereocenters. The van der Waals surface area contributed by atoms with Gasteiger partial charge in [-0.2, -0.15) is 0 Å². The van der Waals surface area contributed by atoms with Gasteiger partial charge >= 0.3 is 0 Å². The number of rotatable bonds is 6. The normalized spacial score (nSPS) is 13.5. The molecule has 0 aliphatic carbocycles. The molecule has 0 radical (unpaired) electrons. The van der Waals surface area contributed by atoms with Crippen LogP contribution in [0.1, 0.15) is 48.5 Å². The van der Waals surface area contributed by atoms with Gasteiger partial charge in [0.15, 0.2) is 15.7 Å². The average molecular weight is 338 g/mol. The second-order valence-corrected chi connectivity index (χ2v) is 8.17. The van der Waals surface area contributed by atoms with Crippen molar-refractivity contribution in [3.05, 3.63) is 40.7 Å². The van der Waals surface area contributed by atoms with Gasteiger partial charge in [0, 0.05) is 0 Å². The maximum atomic E-state index is 12.4. The van der Waals surface area contributed by atoms with Gasteiger partial charge in [-0.1, -0.05) is 23.8 Å². The Bertz CT molecular complexity index is 784. The molecule has 23 heavy (non-hydrogen) atoms. The van der Waals surface area contributed by atoms with E-state index in [1.807, 2.05) is 39.8 Å². The van der Waals surface area contributed by atoms with Gasteiger partial charge in [-0.05, 0) is 49.2 Å². The van der Waals surface area contributed by atoms with Gasteiger partial charge in [-0.25, -0.2) is 13.1 Å². The minimum atomic E-state index is -3.55. The number of benzene rings is 1. The molecule has 0 spiro atoms. The summed E-state index contributed by atoms with van der Waals surface area (Å²) >= 11 is 0. The van der Waals surface area contributed by atoms with Gasteiger partial charge in [0.1, 0.15) is 5.75 Å². The monoisotopic (exact) mass is 338 g/mol. The first-order chi connectivity index (χ1) is 10.7. The number of nitrogens with zero attached hydrogens (tertiary/aromatic N) is 4. The summed E-state index contributed by atoms with van der Waals surface area (Å²) in [6.45, 7) is 7.55. The van der Waals surface area contributed by atoms with Crippen LogP contribution in [0.4, 0.5) is 0 Å². The van der Waals surface area contributed by atoms with Gasteiger partial charge < -0.3 is 5.11 Å². The number of hydrogen-bond acceptors (Lipinski definition) is 6. The lowest BCUT2D eigenvalue weighted by Crippen LogP contribution is -2.20. The van der Waals surface area contributed by atoms with Crippen molar-refractivity contribution in [1.82, 2.24) is 20.2 Å². The second kappa shape index (κ2) is 6.76. The van der Waals surface area contributed by atoms with E-state index in [0.717, 1.165) is 11.1 Å². The fraction of sp³-hybridized carbons (Fsp3) is 0.533. The summed E-state index contributed by atoms with van der Waals surface area (Å²) in [6, 6.07) is 5.52. The highest BCUT2D eigenvalue weighted by atomic mass is 32.2. The van der Waals surface area contributed by atoms with Crippen molar-refractivity contribution in [3.63, 3.8) is 0 Å². The lowest BCUT2D eigenvalue weighted by Gasteiger charge is -2.15. The van der Waals surface area contributed by atoms with Crippen molar-refractivity contribution < 1.29 is 13.5 Å². The zero-order chi connectivity index (χ0) is 17.2. The molecular formula is C15H22N4O3S. The van der Waals surface area contributed by atoms with Crippen LogP contribution in [0.2, 0.25) is 0 Å². The molecule has 1 aromatic carbocycles. The van der Waals surface area contributed by atoms with Crippen molar-refractivity contribution in [1.29, 1.82) is 0 Å². The number of aliphatic hydroxyl groups is 1. The first-order valence-electron chi connectivity index (χ1n) is 7.42. The zero-order valence-electron chi connectivity index (χ0n) is 13.8. The lowest BCUT2D eigenvalue weighted by molar-refractivity contribution is 0.201. The SMILES string of the molecule is Cc1ccc(C(O)CS(=O)(=O)Cc2nnnn2C(C)C)c(C)c1. The highest BCUT2D eigenvalue weighted by Gasteiger charge is 2.24. The van der Waals surface area contributed by atoms with Crippen LogP contribution in [0.15, 0.2) is 18.2 Å². The van der Waals surface area contributed by atoms with E-state index in [1.54, 1.807) is 6.07 Å². The zero-order valence-corrected chi connectivity index (χ0v) is 14.6. The van der Waals surface area contributed by atoms with E-state index in [2.05, 4.69) is 15.5 Å². The summed E-state index contributed by atoms with van der Waals surface area (Å²) in [5.41, 5.74) is 2.57. The van der Waals surface area contributed by atoms with Gasteiger partial charge in [-0.15, -0.1) is 5.10 Å². The molecule has 1 heterocycles. The van der Waals surface area contributed by atoms with Crippen LogP contribution in [-0.4, -0.2) is 39.5 Å². The van der Waals surface area contributed by atoms with E-state index < -0.39 is 15.9 Å². The maximum absolute atomic E-state index is 12.4. The molecule has 0 saturated heterocycles. The summed E-state index contributed by atoms with van der Waals surface area (Å²) in [5.74, 6) is -0.366. The van der Waals surface area contributed by atoms with E-state index in [1.165, 1.54) is 4.68 Å². The molecule has 0 fully saturated rings. The summed E-state index contributed by atoms with van der Waals surface area (Å²) in [7, 11) is -3.55. The van der Waals surface area contributed by atoms with Gasteiger partial charge in [0.25, 0.3) is 0 Å². The molecule has 7 nitrogen and oxygen atoms in total. The molecular weight excluding hydrogens is 316 g/mol. The van der Waals surface area contributed by atoms with Gasteiger partial charge in [0.05, 0.1) is 17.9 Å². The Labute approximate surface area is 136 Å². The predicted molar refractivity (Wildman–Crippen MR) is 86.6 cm³/mol. The molecule has 126 valence electrons. The fourth-order valence-corrected chi connectivity index (χ4v) is 3.86. The van der Waals surface area contributed by atoms with Crippen molar-refractivity contribution in [3.8, 4) is 0 Å². The Balaban J connectivity index is 2.16. The Kier molecular flexibility index (Phi) is 5.16. The van der Waals surface area contributed by atoms with Gasteiger partial charge in [-0.3, -0.25) is 0 Å². The summed E-state index contributed by atoms with van der Waals surface area (Å²) in [6.07, 6.45) is -1.07. The van der Waals surface area contributed by atoms with E-state index in [0.29, 0.717) is 5.56 Å². The smallest absolute Gasteiger partial charge is 0.166 e. The Morgan fingerprint density at radius 3 is 2.57 bits per heavy atom. The number of sulfone groups is 1. The second-order valence-electron chi connectivity index (χ2n) is 6.06. The molecule has 0 aliphatic rings. The van der Waals surface area contributed by atoms with Crippen LogP contribution in [0, 0.1) is 13.8 Å². The topological polar surface area (TPSA) is 98.0 Å². The third kappa shape index (κ3) is 4.35. The molecule has 0 saturated carbocycles. The molecule has 1 aromatic heterocycles. The first-order valence-corrected chi connectivity index (χ1v) is 9.24. The van der Waals surface area contributed by atoms with Crippen molar-refractivity contribution in [2.45, 2.75) is 45.6 Å². The maximum Gasteiger partial charge on any atom is 0.166 e. The number of aromatic nitrogens is 4.